The molecule has 1 heterocycles. The van der Waals surface area contributed by atoms with Gasteiger partial charge >= 0.3 is 6.03 Å². The molecule has 0 spiro atoms. The van der Waals surface area contributed by atoms with E-state index in [9.17, 15) is 4.79 Å². The second-order valence-corrected chi connectivity index (χ2v) is 6.65. The van der Waals surface area contributed by atoms with Crippen LogP contribution in [0.1, 0.15) is 12.5 Å². The molecule has 5 heteroatoms. The Labute approximate surface area is 135 Å². The molecule has 0 radical (unpaired) electrons. The molecule has 2 rings (SSSR count). The monoisotopic (exact) mass is 315 g/mol. The van der Waals surface area contributed by atoms with Crippen LogP contribution in [0.5, 0.6) is 0 Å². The highest BCUT2D eigenvalue weighted by Crippen LogP contribution is 2.21. The summed E-state index contributed by atoms with van der Waals surface area (Å²) in [5.41, 5.74) is 1.07. The van der Waals surface area contributed by atoms with E-state index >= 15 is 0 Å². The number of nitrogens with zero attached hydrogens (tertiary/aromatic N) is 2. The van der Waals surface area contributed by atoms with Crippen LogP contribution in [-0.2, 0) is 6.54 Å². The zero-order chi connectivity index (χ0) is 15.8. The second kappa shape index (κ2) is 8.44. The molecular weight excluding hydrogens is 294 g/mol. The molecule has 0 aliphatic heterocycles. The number of hydrogen-bond acceptors (Lipinski definition) is 3. The minimum Gasteiger partial charge on any atom is -0.337 e. The molecule has 0 fully saturated rings. The molecular formula is C17H21N3OS. The van der Waals surface area contributed by atoms with Gasteiger partial charge in [0, 0.05) is 42.7 Å². The molecule has 22 heavy (non-hydrogen) atoms. The van der Waals surface area contributed by atoms with Gasteiger partial charge in [0.05, 0.1) is 0 Å². The molecule has 4 nitrogen and oxygen atoms in total. The first-order valence-electron chi connectivity index (χ1n) is 7.24. The predicted octanol–water partition coefficient (Wildman–Crippen LogP) is 3.40. The minimum atomic E-state index is -0.0580. The van der Waals surface area contributed by atoms with Gasteiger partial charge in [-0.15, -0.1) is 11.8 Å². The SMILES string of the molecule is CC(CNC(=O)N(C)Cc1ccncc1)Sc1ccccc1. The van der Waals surface area contributed by atoms with E-state index in [4.69, 9.17) is 0 Å². The minimum absolute atomic E-state index is 0.0580. The quantitative estimate of drug-likeness (QED) is 0.831. The number of pyridine rings is 1. The van der Waals surface area contributed by atoms with Gasteiger partial charge in [0.15, 0.2) is 0 Å². The van der Waals surface area contributed by atoms with Crippen LogP contribution in [0.3, 0.4) is 0 Å². The zero-order valence-corrected chi connectivity index (χ0v) is 13.7. The smallest absolute Gasteiger partial charge is 0.317 e. The number of urea groups is 1. The average Bonchev–Trinajstić information content (AvgIpc) is 2.54. The van der Waals surface area contributed by atoms with E-state index in [2.05, 4.69) is 29.4 Å². The van der Waals surface area contributed by atoms with Crippen molar-refractivity contribution >= 4 is 17.8 Å². The van der Waals surface area contributed by atoms with Crippen molar-refractivity contribution in [1.82, 2.24) is 15.2 Å². The topological polar surface area (TPSA) is 45.2 Å². The fraction of sp³-hybridized carbons (Fsp3) is 0.294. The molecule has 0 aliphatic carbocycles. The summed E-state index contributed by atoms with van der Waals surface area (Å²) in [5, 5.41) is 3.29. The molecule has 0 saturated carbocycles. The van der Waals surface area contributed by atoms with Crippen molar-refractivity contribution in [2.75, 3.05) is 13.6 Å². The summed E-state index contributed by atoms with van der Waals surface area (Å²) in [5.74, 6) is 0. The van der Waals surface area contributed by atoms with Crippen LogP contribution in [0.25, 0.3) is 0 Å². The van der Waals surface area contributed by atoms with E-state index in [-0.39, 0.29) is 6.03 Å². The summed E-state index contributed by atoms with van der Waals surface area (Å²) >= 11 is 1.76. The highest BCUT2D eigenvalue weighted by Gasteiger charge is 2.11. The fourth-order valence-electron chi connectivity index (χ4n) is 1.97. The lowest BCUT2D eigenvalue weighted by Crippen LogP contribution is -2.39. The first kappa shape index (κ1) is 16.4. The van der Waals surface area contributed by atoms with Gasteiger partial charge in [0.2, 0.25) is 0 Å². The van der Waals surface area contributed by atoms with Crippen LogP contribution in [0.4, 0.5) is 4.79 Å². The van der Waals surface area contributed by atoms with Gasteiger partial charge in [-0.1, -0.05) is 25.1 Å². The maximum Gasteiger partial charge on any atom is 0.317 e. The lowest BCUT2D eigenvalue weighted by Gasteiger charge is -2.19. The van der Waals surface area contributed by atoms with Crippen molar-refractivity contribution in [2.45, 2.75) is 23.6 Å². The Morgan fingerprint density at radius 1 is 1.23 bits per heavy atom. The van der Waals surface area contributed by atoms with Crippen molar-refractivity contribution in [2.24, 2.45) is 0 Å². The number of hydrogen-bond donors (Lipinski definition) is 1. The number of thioether (sulfide) groups is 1. The highest BCUT2D eigenvalue weighted by molar-refractivity contribution is 8.00. The Morgan fingerprint density at radius 2 is 1.91 bits per heavy atom. The van der Waals surface area contributed by atoms with E-state index in [1.54, 1.807) is 36.1 Å². The first-order chi connectivity index (χ1) is 10.6. The van der Waals surface area contributed by atoms with E-state index in [0.717, 1.165) is 5.56 Å². The Balaban J connectivity index is 1.74. The maximum atomic E-state index is 12.1. The number of rotatable bonds is 6. The summed E-state index contributed by atoms with van der Waals surface area (Å²) in [6.07, 6.45) is 3.47. The van der Waals surface area contributed by atoms with Gasteiger partial charge in [-0.3, -0.25) is 4.98 Å². The van der Waals surface area contributed by atoms with Crippen LogP contribution in [0.2, 0.25) is 0 Å². The van der Waals surface area contributed by atoms with Gasteiger partial charge < -0.3 is 10.2 Å². The number of aromatic nitrogens is 1. The molecule has 1 N–H and O–H groups in total. The summed E-state index contributed by atoms with van der Waals surface area (Å²) in [7, 11) is 1.80. The number of carbonyl (C=O) groups excluding carboxylic acids is 1. The fourth-order valence-corrected chi connectivity index (χ4v) is 2.92. The third kappa shape index (κ3) is 5.41. The lowest BCUT2D eigenvalue weighted by molar-refractivity contribution is 0.207. The Kier molecular flexibility index (Phi) is 6.27. The van der Waals surface area contributed by atoms with Crippen molar-refractivity contribution < 1.29 is 4.79 Å². The standard InChI is InChI=1S/C17H21N3OS/c1-14(22-16-6-4-3-5-7-16)12-19-17(21)20(2)13-15-8-10-18-11-9-15/h3-11,14H,12-13H2,1-2H3,(H,19,21). The maximum absolute atomic E-state index is 12.1. The molecule has 1 aromatic carbocycles. The third-order valence-electron chi connectivity index (χ3n) is 3.14. The molecule has 0 bridgehead atoms. The number of nitrogens with one attached hydrogen (secondary N) is 1. The molecule has 2 aromatic rings. The molecule has 1 aromatic heterocycles. The first-order valence-corrected chi connectivity index (χ1v) is 8.12. The second-order valence-electron chi connectivity index (χ2n) is 5.14. The Morgan fingerprint density at radius 3 is 2.59 bits per heavy atom. The summed E-state index contributed by atoms with van der Waals surface area (Å²) in [4.78, 5) is 19.0. The van der Waals surface area contributed by atoms with Crippen molar-refractivity contribution in [3.05, 3.63) is 60.4 Å². The van der Waals surface area contributed by atoms with E-state index < -0.39 is 0 Å². The average molecular weight is 315 g/mol. The van der Waals surface area contributed by atoms with Gasteiger partial charge in [-0.25, -0.2) is 4.79 Å². The van der Waals surface area contributed by atoms with Gasteiger partial charge in [-0.05, 0) is 29.8 Å². The molecule has 116 valence electrons. The van der Waals surface area contributed by atoms with Crippen LogP contribution in [-0.4, -0.2) is 34.8 Å². The van der Waals surface area contributed by atoms with Gasteiger partial charge in [-0.2, -0.15) is 0 Å². The number of amides is 2. The van der Waals surface area contributed by atoms with Crippen LogP contribution in [0, 0.1) is 0 Å². The van der Waals surface area contributed by atoms with Gasteiger partial charge in [0.25, 0.3) is 0 Å². The summed E-state index contributed by atoms with van der Waals surface area (Å²) in [6.45, 7) is 3.33. The third-order valence-corrected chi connectivity index (χ3v) is 4.25. The Bertz CT molecular complexity index is 577. The summed E-state index contributed by atoms with van der Waals surface area (Å²) in [6, 6.07) is 14.0. The van der Waals surface area contributed by atoms with Crippen LogP contribution in [0.15, 0.2) is 59.8 Å². The molecule has 1 atom stereocenters. The van der Waals surface area contributed by atoms with Crippen LogP contribution < -0.4 is 5.32 Å². The molecule has 1 unspecified atom stereocenters. The molecule has 0 saturated heterocycles. The van der Waals surface area contributed by atoms with E-state index in [1.165, 1.54) is 4.90 Å². The van der Waals surface area contributed by atoms with Gasteiger partial charge in [0.1, 0.15) is 0 Å². The lowest BCUT2D eigenvalue weighted by atomic mass is 10.2. The zero-order valence-electron chi connectivity index (χ0n) is 12.9. The number of carbonyl (C=O) groups is 1. The Hall–Kier alpha value is -2.01. The van der Waals surface area contributed by atoms with E-state index in [0.29, 0.717) is 18.3 Å². The predicted molar refractivity (Wildman–Crippen MR) is 90.9 cm³/mol. The molecule has 2 amide bonds. The van der Waals surface area contributed by atoms with Crippen LogP contribution >= 0.6 is 11.8 Å². The normalized spacial score (nSPS) is 11.7. The van der Waals surface area contributed by atoms with Crippen molar-refractivity contribution in [3.63, 3.8) is 0 Å². The summed E-state index contributed by atoms with van der Waals surface area (Å²) < 4.78 is 0. The highest BCUT2D eigenvalue weighted by atomic mass is 32.2. The van der Waals surface area contributed by atoms with Crippen molar-refractivity contribution in [3.8, 4) is 0 Å². The largest absolute Gasteiger partial charge is 0.337 e. The van der Waals surface area contributed by atoms with Crippen molar-refractivity contribution in [1.29, 1.82) is 0 Å². The van der Waals surface area contributed by atoms with E-state index in [1.807, 2.05) is 30.3 Å². The number of benzene rings is 1. The molecule has 0 aliphatic rings.